The average molecular weight is 320 g/mol. The van der Waals surface area contributed by atoms with Crippen LogP contribution >= 0.6 is 0 Å². The second-order valence-corrected chi connectivity index (χ2v) is 8.31. The summed E-state index contributed by atoms with van der Waals surface area (Å²) < 4.78 is 25.2. The van der Waals surface area contributed by atoms with Crippen molar-refractivity contribution in [3.63, 3.8) is 0 Å². The fraction of sp³-hybridized carbons (Fsp3) is 0.846. The summed E-state index contributed by atoms with van der Waals surface area (Å²) in [5.41, 5.74) is -0.860. The fourth-order valence-electron chi connectivity index (χ4n) is 3.06. The first-order valence-electron chi connectivity index (χ1n) is 6.85. The van der Waals surface area contributed by atoms with Crippen molar-refractivity contribution in [3.05, 3.63) is 0 Å². The molecule has 0 aliphatic carbocycles. The molecule has 1 saturated heterocycles. The quantitative estimate of drug-likeness (QED) is 0.757. The molecule has 0 aromatic rings. The Morgan fingerprint density at radius 1 is 1.43 bits per heavy atom. The lowest BCUT2D eigenvalue weighted by molar-refractivity contribution is -0.155. The summed E-state index contributed by atoms with van der Waals surface area (Å²) in [7, 11) is -3.41. The number of rotatable bonds is 5. The molecule has 0 spiro atoms. The number of aliphatic carboxylic acids is 1. The second-order valence-electron chi connectivity index (χ2n) is 6.57. The smallest absolute Gasteiger partial charge is 0.308 e. The maximum atomic E-state index is 12.2. The molecule has 0 radical (unpaired) electrons. The lowest BCUT2D eigenvalue weighted by atomic mass is 9.80. The van der Waals surface area contributed by atoms with E-state index in [1.165, 1.54) is 4.90 Å². The number of amides is 1. The Kier molecular flexibility index (Phi) is 5.05. The summed E-state index contributed by atoms with van der Waals surface area (Å²) in [6.07, 6.45) is 1.22. The van der Waals surface area contributed by atoms with Crippen molar-refractivity contribution in [1.82, 2.24) is 9.62 Å². The van der Waals surface area contributed by atoms with Crippen LogP contribution in [-0.4, -0.2) is 54.7 Å². The predicted molar refractivity (Wildman–Crippen MR) is 78.1 cm³/mol. The van der Waals surface area contributed by atoms with Gasteiger partial charge in [-0.2, -0.15) is 0 Å². The lowest BCUT2D eigenvalue weighted by Crippen LogP contribution is -2.59. The largest absolute Gasteiger partial charge is 0.481 e. The predicted octanol–water partition coefficient (Wildman–Crippen LogP) is 0.272. The molecule has 0 aromatic carbocycles. The Hall–Kier alpha value is -1.15. The minimum Gasteiger partial charge on any atom is -0.481 e. The molecule has 21 heavy (non-hydrogen) atoms. The summed E-state index contributed by atoms with van der Waals surface area (Å²) in [5.74, 6) is -1.94. The SMILES string of the molecule is CC1CC(=O)N(CC(C)(C)NS(C)(=O)=O)C(C)C1C(=O)O. The topological polar surface area (TPSA) is 104 Å². The third-order valence-corrected chi connectivity index (χ3v) is 4.68. The molecule has 3 unspecified atom stereocenters. The van der Waals surface area contributed by atoms with Crippen molar-refractivity contribution in [2.45, 2.75) is 45.7 Å². The molecule has 1 aliphatic heterocycles. The van der Waals surface area contributed by atoms with Crippen LogP contribution < -0.4 is 4.72 Å². The van der Waals surface area contributed by atoms with Gasteiger partial charge in [0.05, 0.1) is 12.2 Å². The van der Waals surface area contributed by atoms with Crippen LogP contribution in [-0.2, 0) is 19.6 Å². The van der Waals surface area contributed by atoms with E-state index in [0.29, 0.717) is 0 Å². The Morgan fingerprint density at radius 3 is 2.38 bits per heavy atom. The molecular weight excluding hydrogens is 296 g/mol. The summed E-state index contributed by atoms with van der Waals surface area (Å²) in [6, 6.07) is -0.473. The van der Waals surface area contributed by atoms with Crippen LogP contribution in [0.15, 0.2) is 0 Å². The molecule has 0 aromatic heterocycles. The summed E-state index contributed by atoms with van der Waals surface area (Å²) in [5, 5.41) is 9.32. The van der Waals surface area contributed by atoms with E-state index < -0.39 is 33.5 Å². The van der Waals surface area contributed by atoms with Gasteiger partial charge in [-0.05, 0) is 26.7 Å². The van der Waals surface area contributed by atoms with Crippen molar-refractivity contribution in [1.29, 1.82) is 0 Å². The van der Waals surface area contributed by atoms with Crippen molar-refractivity contribution in [2.24, 2.45) is 11.8 Å². The Morgan fingerprint density at radius 2 is 1.95 bits per heavy atom. The van der Waals surface area contributed by atoms with Crippen LogP contribution in [0, 0.1) is 11.8 Å². The van der Waals surface area contributed by atoms with E-state index in [-0.39, 0.29) is 24.8 Å². The molecule has 0 bridgehead atoms. The van der Waals surface area contributed by atoms with Gasteiger partial charge in [0.1, 0.15) is 0 Å². The van der Waals surface area contributed by atoms with E-state index >= 15 is 0 Å². The number of nitrogens with zero attached hydrogens (tertiary/aromatic N) is 1. The standard InChI is InChI=1S/C13H24N2O5S/c1-8-6-10(16)15(9(2)11(8)12(17)18)7-13(3,4)14-21(5,19)20/h8-9,11,14H,6-7H2,1-5H3,(H,17,18). The fourth-order valence-corrected chi connectivity index (χ4v) is 4.13. The number of carboxylic acid groups (broad SMARTS) is 1. The Labute approximate surface area is 125 Å². The zero-order chi connectivity index (χ0) is 16.6. The molecular formula is C13H24N2O5S. The summed E-state index contributed by atoms with van der Waals surface area (Å²) in [4.78, 5) is 25.0. The van der Waals surface area contributed by atoms with Crippen LogP contribution in [0.4, 0.5) is 0 Å². The number of hydrogen-bond donors (Lipinski definition) is 2. The van der Waals surface area contributed by atoms with E-state index in [9.17, 15) is 23.1 Å². The van der Waals surface area contributed by atoms with Crippen LogP contribution in [0.3, 0.4) is 0 Å². The summed E-state index contributed by atoms with van der Waals surface area (Å²) in [6.45, 7) is 6.92. The molecule has 8 heteroatoms. The molecule has 1 amide bonds. The number of sulfonamides is 1. The van der Waals surface area contributed by atoms with Crippen LogP contribution in [0.5, 0.6) is 0 Å². The maximum absolute atomic E-state index is 12.2. The van der Waals surface area contributed by atoms with Crippen LogP contribution in [0.2, 0.25) is 0 Å². The zero-order valence-corrected chi connectivity index (χ0v) is 13.9. The third-order valence-electron chi connectivity index (χ3n) is 3.75. The number of likely N-dealkylation sites (tertiary alicyclic amines) is 1. The van der Waals surface area contributed by atoms with E-state index in [4.69, 9.17) is 0 Å². The van der Waals surface area contributed by atoms with Gasteiger partial charge in [0.15, 0.2) is 0 Å². The molecule has 1 heterocycles. The number of carbonyl (C=O) groups is 2. The first-order chi connectivity index (χ1) is 9.34. The number of carbonyl (C=O) groups excluding carboxylic acids is 1. The molecule has 2 N–H and O–H groups in total. The van der Waals surface area contributed by atoms with Gasteiger partial charge in [0, 0.05) is 24.5 Å². The highest BCUT2D eigenvalue weighted by molar-refractivity contribution is 7.88. The normalized spacial score (nSPS) is 27.8. The van der Waals surface area contributed by atoms with Gasteiger partial charge in [-0.1, -0.05) is 6.92 Å². The van der Waals surface area contributed by atoms with Gasteiger partial charge < -0.3 is 10.0 Å². The molecule has 122 valence electrons. The van der Waals surface area contributed by atoms with E-state index in [0.717, 1.165) is 6.26 Å². The van der Waals surface area contributed by atoms with Crippen molar-refractivity contribution in [3.8, 4) is 0 Å². The molecule has 1 aliphatic rings. The van der Waals surface area contributed by atoms with Gasteiger partial charge >= 0.3 is 5.97 Å². The molecule has 3 atom stereocenters. The Bertz CT molecular complexity index is 529. The highest BCUT2D eigenvalue weighted by Crippen LogP contribution is 2.31. The summed E-state index contributed by atoms with van der Waals surface area (Å²) >= 11 is 0. The highest BCUT2D eigenvalue weighted by atomic mass is 32.2. The van der Waals surface area contributed by atoms with Gasteiger partial charge in [0.25, 0.3) is 0 Å². The second kappa shape index (κ2) is 5.92. The number of carboxylic acids is 1. The monoisotopic (exact) mass is 320 g/mol. The van der Waals surface area contributed by atoms with Gasteiger partial charge in [0.2, 0.25) is 15.9 Å². The van der Waals surface area contributed by atoms with Gasteiger partial charge in [-0.25, -0.2) is 13.1 Å². The maximum Gasteiger partial charge on any atom is 0.308 e. The molecule has 1 rings (SSSR count). The van der Waals surface area contributed by atoms with Crippen molar-refractivity contribution >= 4 is 21.9 Å². The first-order valence-corrected chi connectivity index (χ1v) is 8.74. The van der Waals surface area contributed by atoms with Crippen molar-refractivity contribution < 1.29 is 23.1 Å². The average Bonchev–Trinajstić information content (AvgIpc) is 2.19. The van der Waals surface area contributed by atoms with E-state index in [2.05, 4.69) is 4.72 Å². The van der Waals surface area contributed by atoms with Crippen molar-refractivity contribution in [2.75, 3.05) is 12.8 Å². The number of hydrogen-bond acceptors (Lipinski definition) is 4. The van der Waals surface area contributed by atoms with Gasteiger partial charge in [-0.3, -0.25) is 9.59 Å². The third kappa shape index (κ3) is 4.67. The van der Waals surface area contributed by atoms with Crippen LogP contribution in [0.25, 0.3) is 0 Å². The zero-order valence-electron chi connectivity index (χ0n) is 13.1. The lowest BCUT2D eigenvalue weighted by Gasteiger charge is -2.44. The highest BCUT2D eigenvalue weighted by Gasteiger charge is 2.43. The molecule has 7 nitrogen and oxygen atoms in total. The van der Waals surface area contributed by atoms with E-state index in [1.54, 1.807) is 27.7 Å². The molecule has 0 saturated carbocycles. The minimum atomic E-state index is -3.41. The number of nitrogens with one attached hydrogen (secondary N) is 1. The number of piperidine rings is 1. The van der Waals surface area contributed by atoms with E-state index in [1.807, 2.05) is 0 Å². The first kappa shape index (κ1) is 17.9. The minimum absolute atomic E-state index is 0.135. The Balaban J connectivity index is 2.95. The molecule has 1 fully saturated rings. The van der Waals surface area contributed by atoms with Gasteiger partial charge in [-0.15, -0.1) is 0 Å². The van der Waals surface area contributed by atoms with Crippen LogP contribution in [0.1, 0.15) is 34.1 Å².